The van der Waals surface area contributed by atoms with Gasteiger partial charge in [-0.05, 0) is 38.6 Å². The van der Waals surface area contributed by atoms with Gasteiger partial charge >= 0.3 is 0 Å². The molecule has 0 aliphatic carbocycles. The first-order chi connectivity index (χ1) is 8.78. The number of aromatic nitrogens is 2. The molecule has 96 valence electrons. The van der Waals surface area contributed by atoms with Gasteiger partial charge in [0, 0.05) is 18.7 Å². The van der Waals surface area contributed by atoms with Crippen molar-refractivity contribution in [1.29, 1.82) is 0 Å². The fourth-order valence-electron chi connectivity index (χ4n) is 2.78. The molecule has 3 rings (SSSR count). The van der Waals surface area contributed by atoms with Gasteiger partial charge in [0.1, 0.15) is 5.65 Å². The van der Waals surface area contributed by atoms with Crippen LogP contribution in [0.15, 0.2) is 24.4 Å². The molecule has 2 aromatic heterocycles. The molecule has 1 aliphatic rings. The Hall–Kier alpha value is -1.55. The molecule has 18 heavy (non-hydrogen) atoms. The molecule has 0 radical (unpaired) electrons. The Morgan fingerprint density at radius 1 is 1.39 bits per heavy atom. The first-order valence-electron chi connectivity index (χ1n) is 6.48. The van der Waals surface area contributed by atoms with Crippen molar-refractivity contribution in [3.8, 4) is 5.88 Å². The zero-order valence-electron chi connectivity index (χ0n) is 11.0. The second kappa shape index (κ2) is 4.61. The van der Waals surface area contributed by atoms with E-state index in [9.17, 15) is 0 Å². The number of likely N-dealkylation sites (tertiary alicyclic amines) is 1. The molecule has 4 heteroatoms. The van der Waals surface area contributed by atoms with Gasteiger partial charge in [-0.25, -0.2) is 4.98 Å². The van der Waals surface area contributed by atoms with Crippen molar-refractivity contribution < 1.29 is 4.74 Å². The Morgan fingerprint density at radius 2 is 2.28 bits per heavy atom. The quantitative estimate of drug-likeness (QED) is 0.812. The third-order valence-electron chi connectivity index (χ3n) is 3.73. The molecule has 4 nitrogen and oxygen atoms in total. The number of methoxy groups -OCH3 is 1. The molecule has 0 aromatic carbocycles. The predicted octanol–water partition coefficient (Wildman–Crippen LogP) is 2.15. The predicted molar refractivity (Wildman–Crippen MR) is 71.2 cm³/mol. The summed E-state index contributed by atoms with van der Waals surface area (Å²) in [5.41, 5.74) is 2.16. The highest BCUT2D eigenvalue weighted by molar-refractivity contribution is 5.44. The van der Waals surface area contributed by atoms with Gasteiger partial charge in [0.2, 0.25) is 0 Å². The highest BCUT2D eigenvalue weighted by Crippen LogP contribution is 2.27. The zero-order chi connectivity index (χ0) is 12.5. The number of likely N-dealkylation sites (N-methyl/N-ethyl adjacent to an activating group) is 1. The fraction of sp³-hybridized carbons (Fsp3) is 0.500. The summed E-state index contributed by atoms with van der Waals surface area (Å²) in [5.74, 6) is 1.39. The second-order valence-electron chi connectivity index (χ2n) is 5.06. The molecule has 3 heterocycles. The highest BCUT2D eigenvalue weighted by atomic mass is 16.5. The zero-order valence-corrected chi connectivity index (χ0v) is 11.0. The molecule has 1 unspecified atom stereocenters. The van der Waals surface area contributed by atoms with Crippen molar-refractivity contribution in [2.45, 2.75) is 18.8 Å². The third-order valence-corrected chi connectivity index (χ3v) is 3.73. The Balaban J connectivity index is 1.97. The maximum absolute atomic E-state index is 5.36. The molecule has 0 amide bonds. The van der Waals surface area contributed by atoms with Crippen LogP contribution in [0, 0.1) is 0 Å². The van der Waals surface area contributed by atoms with Gasteiger partial charge in [0.05, 0.1) is 12.8 Å². The van der Waals surface area contributed by atoms with Crippen LogP contribution in [0.25, 0.3) is 5.65 Å². The molecular weight excluding hydrogens is 226 g/mol. The molecule has 1 saturated heterocycles. The van der Waals surface area contributed by atoms with Crippen LogP contribution in [-0.2, 0) is 0 Å². The van der Waals surface area contributed by atoms with Crippen LogP contribution in [0.5, 0.6) is 5.88 Å². The summed E-state index contributed by atoms with van der Waals surface area (Å²) in [6, 6.07) is 5.97. The maximum Gasteiger partial charge on any atom is 0.198 e. The molecule has 1 fully saturated rings. The van der Waals surface area contributed by atoms with Crippen LogP contribution in [0.3, 0.4) is 0 Å². The molecule has 0 saturated carbocycles. The topological polar surface area (TPSA) is 29.8 Å². The maximum atomic E-state index is 5.36. The number of rotatable bonds is 2. The summed E-state index contributed by atoms with van der Waals surface area (Å²) < 4.78 is 7.39. The van der Waals surface area contributed by atoms with E-state index in [1.54, 1.807) is 7.11 Å². The summed E-state index contributed by atoms with van der Waals surface area (Å²) in [6.07, 6.45) is 4.61. The summed E-state index contributed by atoms with van der Waals surface area (Å²) in [7, 11) is 3.88. The minimum Gasteiger partial charge on any atom is -0.482 e. The van der Waals surface area contributed by atoms with E-state index in [4.69, 9.17) is 9.72 Å². The van der Waals surface area contributed by atoms with Gasteiger partial charge in [-0.15, -0.1) is 0 Å². The average Bonchev–Trinajstić information content (AvgIpc) is 2.82. The van der Waals surface area contributed by atoms with Crippen LogP contribution < -0.4 is 4.74 Å². The second-order valence-corrected chi connectivity index (χ2v) is 5.06. The molecule has 1 aliphatic heterocycles. The first-order valence-corrected chi connectivity index (χ1v) is 6.48. The van der Waals surface area contributed by atoms with E-state index >= 15 is 0 Å². The van der Waals surface area contributed by atoms with Gasteiger partial charge in [-0.3, -0.25) is 4.40 Å². The van der Waals surface area contributed by atoms with Crippen LogP contribution in [0.1, 0.15) is 24.5 Å². The van der Waals surface area contributed by atoms with Gasteiger partial charge in [-0.2, -0.15) is 0 Å². The molecule has 0 spiro atoms. The minimum absolute atomic E-state index is 0.549. The van der Waals surface area contributed by atoms with Crippen LogP contribution >= 0.6 is 0 Å². The first kappa shape index (κ1) is 11.5. The van der Waals surface area contributed by atoms with Crippen molar-refractivity contribution in [3.63, 3.8) is 0 Å². The molecular formula is C14H19N3O. The van der Waals surface area contributed by atoms with Gasteiger partial charge < -0.3 is 9.64 Å². The molecule has 0 N–H and O–H groups in total. The van der Waals surface area contributed by atoms with E-state index in [0.717, 1.165) is 18.1 Å². The van der Waals surface area contributed by atoms with Crippen molar-refractivity contribution in [3.05, 3.63) is 30.1 Å². The summed E-state index contributed by atoms with van der Waals surface area (Å²) in [6.45, 7) is 2.30. The normalized spacial score (nSPS) is 21.3. The molecule has 0 bridgehead atoms. The van der Waals surface area contributed by atoms with E-state index in [-0.39, 0.29) is 0 Å². The van der Waals surface area contributed by atoms with Crippen LogP contribution in [0.4, 0.5) is 0 Å². The van der Waals surface area contributed by atoms with E-state index in [2.05, 4.69) is 18.1 Å². The monoisotopic (exact) mass is 245 g/mol. The minimum atomic E-state index is 0.549. The third kappa shape index (κ3) is 1.97. The SMILES string of the molecule is COc1cccc2nc(C3CCCN(C)C3)cn12. The number of hydrogen-bond donors (Lipinski definition) is 0. The van der Waals surface area contributed by atoms with E-state index in [0.29, 0.717) is 5.92 Å². The van der Waals surface area contributed by atoms with Gasteiger partial charge in [0.25, 0.3) is 0 Å². The van der Waals surface area contributed by atoms with Crippen molar-refractivity contribution in [2.75, 3.05) is 27.2 Å². The smallest absolute Gasteiger partial charge is 0.198 e. The molecule has 1 atom stereocenters. The number of ether oxygens (including phenoxy) is 1. The van der Waals surface area contributed by atoms with Crippen LogP contribution in [0.2, 0.25) is 0 Å². The lowest BCUT2D eigenvalue weighted by Crippen LogP contribution is -2.30. The Morgan fingerprint density at radius 3 is 3.06 bits per heavy atom. The number of fused-ring (bicyclic) bond motifs is 1. The van der Waals surface area contributed by atoms with E-state index in [1.807, 2.05) is 22.6 Å². The fourth-order valence-corrected chi connectivity index (χ4v) is 2.78. The Kier molecular flexibility index (Phi) is 2.96. The standard InChI is InChI=1S/C14H19N3O/c1-16-8-4-5-11(9-16)12-10-17-13(15-12)6-3-7-14(17)18-2/h3,6-7,10-11H,4-5,8-9H2,1-2H3. The highest BCUT2D eigenvalue weighted by Gasteiger charge is 2.21. The lowest BCUT2D eigenvalue weighted by molar-refractivity contribution is 0.249. The van der Waals surface area contributed by atoms with Crippen molar-refractivity contribution in [1.82, 2.24) is 14.3 Å². The van der Waals surface area contributed by atoms with Crippen LogP contribution in [-0.4, -0.2) is 41.5 Å². The number of pyridine rings is 1. The van der Waals surface area contributed by atoms with E-state index in [1.165, 1.54) is 25.1 Å². The van der Waals surface area contributed by atoms with E-state index < -0.39 is 0 Å². The number of nitrogens with zero attached hydrogens (tertiary/aromatic N) is 3. The molecule has 2 aromatic rings. The summed E-state index contributed by atoms with van der Waals surface area (Å²) in [5, 5.41) is 0. The lowest BCUT2D eigenvalue weighted by Gasteiger charge is -2.28. The lowest BCUT2D eigenvalue weighted by atomic mass is 9.96. The van der Waals surface area contributed by atoms with Crippen molar-refractivity contribution >= 4 is 5.65 Å². The summed E-state index contributed by atoms with van der Waals surface area (Å²) >= 11 is 0. The number of hydrogen-bond acceptors (Lipinski definition) is 3. The Bertz CT molecular complexity index is 549. The van der Waals surface area contributed by atoms with Gasteiger partial charge in [0.15, 0.2) is 5.88 Å². The van der Waals surface area contributed by atoms with Gasteiger partial charge in [-0.1, -0.05) is 6.07 Å². The van der Waals surface area contributed by atoms with Crippen molar-refractivity contribution in [2.24, 2.45) is 0 Å². The number of piperidine rings is 1. The Labute approximate surface area is 107 Å². The average molecular weight is 245 g/mol. The largest absolute Gasteiger partial charge is 0.482 e. The summed E-state index contributed by atoms with van der Waals surface area (Å²) in [4.78, 5) is 7.12. The number of imidazole rings is 1.